The highest BCUT2D eigenvalue weighted by Gasteiger charge is 2.25. The highest BCUT2D eigenvalue weighted by molar-refractivity contribution is 6.30. The smallest absolute Gasteiger partial charge is 0.317 e. The molecule has 0 radical (unpaired) electrons. The molecule has 0 saturated heterocycles. The summed E-state index contributed by atoms with van der Waals surface area (Å²) < 4.78 is 13.9. The van der Waals surface area contributed by atoms with E-state index in [0.29, 0.717) is 12.1 Å². The maximum absolute atomic E-state index is 13.9. The minimum atomic E-state index is -0.880. The second-order valence-electron chi connectivity index (χ2n) is 4.95. The fourth-order valence-corrected chi connectivity index (χ4v) is 2.84. The Labute approximate surface area is 117 Å². The fraction of sp³-hybridized carbons (Fsp3) is 0.500. The maximum Gasteiger partial charge on any atom is 0.317 e. The van der Waals surface area contributed by atoms with Crippen LogP contribution in [0.2, 0.25) is 5.02 Å². The minimum Gasteiger partial charge on any atom is -0.480 e. The molecule has 0 spiro atoms. The van der Waals surface area contributed by atoms with Gasteiger partial charge in [0.25, 0.3) is 0 Å². The van der Waals surface area contributed by atoms with Gasteiger partial charge in [0.15, 0.2) is 0 Å². The standard InChI is InChI=1S/C14H17ClFNO2/c15-12-7-3-4-10(14(12)16)8-17(9-13(18)19)11-5-1-2-6-11/h3-4,7,11H,1-2,5-6,8-9H2,(H,18,19). The first-order valence-electron chi connectivity index (χ1n) is 6.46. The Morgan fingerprint density at radius 2 is 2.11 bits per heavy atom. The van der Waals surface area contributed by atoms with E-state index in [0.717, 1.165) is 25.7 Å². The molecule has 3 nitrogen and oxygen atoms in total. The van der Waals surface area contributed by atoms with Crippen molar-refractivity contribution in [2.45, 2.75) is 38.3 Å². The summed E-state index contributed by atoms with van der Waals surface area (Å²) in [5.41, 5.74) is 0.459. The number of carboxylic acid groups (broad SMARTS) is 1. The van der Waals surface area contributed by atoms with Gasteiger partial charge in [-0.3, -0.25) is 9.69 Å². The summed E-state index contributed by atoms with van der Waals surface area (Å²) in [7, 11) is 0. The predicted molar refractivity (Wildman–Crippen MR) is 71.7 cm³/mol. The molecule has 0 amide bonds. The number of carbonyl (C=O) groups is 1. The van der Waals surface area contributed by atoms with Crippen LogP contribution < -0.4 is 0 Å². The molecule has 19 heavy (non-hydrogen) atoms. The lowest BCUT2D eigenvalue weighted by Crippen LogP contribution is -2.37. The van der Waals surface area contributed by atoms with Crippen molar-refractivity contribution in [3.63, 3.8) is 0 Å². The number of benzene rings is 1. The van der Waals surface area contributed by atoms with Gasteiger partial charge in [-0.1, -0.05) is 36.6 Å². The van der Waals surface area contributed by atoms with Crippen LogP contribution in [0.1, 0.15) is 31.2 Å². The van der Waals surface area contributed by atoms with Crippen LogP contribution in [0, 0.1) is 5.82 Å². The van der Waals surface area contributed by atoms with Crippen LogP contribution in [0.25, 0.3) is 0 Å². The molecule has 104 valence electrons. The third kappa shape index (κ3) is 3.67. The number of hydrogen-bond acceptors (Lipinski definition) is 2. The van der Waals surface area contributed by atoms with Crippen LogP contribution in [0.3, 0.4) is 0 Å². The van der Waals surface area contributed by atoms with E-state index >= 15 is 0 Å². The molecule has 1 aromatic rings. The zero-order valence-corrected chi connectivity index (χ0v) is 11.4. The van der Waals surface area contributed by atoms with Gasteiger partial charge in [-0.15, -0.1) is 0 Å². The highest BCUT2D eigenvalue weighted by Crippen LogP contribution is 2.26. The lowest BCUT2D eigenvalue weighted by Gasteiger charge is -2.27. The number of aliphatic carboxylic acids is 1. The summed E-state index contributed by atoms with van der Waals surface area (Å²) >= 11 is 5.75. The van der Waals surface area contributed by atoms with Gasteiger partial charge in [-0.25, -0.2) is 4.39 Å². The molecule has 1 fully saturated rings. The van der Waals surface area contributed by atoms with Gasteiger partial charge in [0.1, 0.15) is 5.82 Å². The molecule has 1 aliphatic carbocycles. The van der Waals surface area contributed by atoms with Crippen LogP contribution in [0.5, 0.6) is 0 Å². The molecule has 0 aromatic heterocycles. The van der Waals surface area contributed by atoms with Crippen molar-refractivity contribution in [1.82, 2.24) is 4.90 Å². The Kier molecular flexibility index (Phi) is 4.77. The largest absolute Gasteiger partial charge is 0.480 e. The Morgan fingerprint density at radius 1 is 1.42 bits per heavy atom. The molecule has 1 aliphatic rings. The van der Waals surface area contributed by atoms with Crippen molar-refractivity contribution in [2.75, 3.05) is 6.54 Å². The van der Waals surface area contributed by atoms with Crippen molar-refractivity contribution >= 4 is 17.6 Å². The normalized spacial score (nSPS) is 16.2. The van der Waals surface area contributed by atoms with E-state index in [9.17, 15) is 9.18 Å². The molecule has 0 heterocycles. The third-order valence-corrected chi connectivity index (χ3v) is 3.88. The first kappa shape index (κ1) is 14.3. The van der Waals surface area contributed by atoms with Crippen LogP contribution in [0.4, 0.5) is 4.39 Å². The number of halogens is 2. The second kappa shape index (κ2) is 6.35. The van der Waals surface area contributed by atoms with Crippen molar-refractivity contribution in [3.05, 3.63) is 34.6 Å². The van der Waals surface area contributed by atoms with E-state index < -0.39 is 11.8 Å². The van der Waals surface area contributed by atoms with Crippen LogP contribution in [-0.2, 0) is 11.3 Å². The van der Waals surface area contributed by atoms with Gasteiger partial charge in [0.05, 0.1) is 11.6 Å². The SMILES string of the molecule is O=C(O)CN(Cc1cccc(Cl)c1F)C1CCCC1. The molecule has 5 heteroatoms. The summed E-state index contributed by atoms with van der Waals surface area (Å²) in [6, 6.07) is 5.08. The summed E-state index contributed by atoms with van der Waals surface area (Å²) in [4.78, 5) is 12.8. The first-order chi connectivity index (χ1) is 9.08. The Morgan fingerprint density at radius 3 is 2.74 bits per heavy atom. The summed E-state index contributed by atoms with van der Waals surface area (Å²) in [6.07, 6.45) is 4.18. The van der Waals surface area contributed by atoms with Crippen molar-refractivity contribution < 1.29 is 14.3 Å². The average molecular weight is 286 g/mol. The van der Waals surface area contributed by atoms with E-state index in [1.807, 2.05) is 4.90 Å². The van der Waals surface area contributed by atoms with Gasteiger partial charge in [0.2, 0.25) is 0 Å². The minimum absolute atomic E-state index is 0.0589. The zero-order valence-electron chi connectivity index (χ0n) is 10.6. The maximum atomic E-state index is 13.9. The van der Waals surface area contributed by atoms with Crippen molar-refractivity contribution in [3.8, 4) is 0 Å². The zero-order chi connectivity index (χ0) is 13.8. The summed E-state index contributed by atoms with van der Waals surface area (Å²) in [5.74, 6) is -1.33. The van der Waals surface area contributed by atoms with Gasteiger partial charge >= 0.3 is 5.97 Å². The number of nitrogens with zero attached hydrogens (tertiary/aromatic N) is 1. The molecule has 1 N–H and O–H groups in total. The average Bonchev–Trinajstić information content (AvgIpc) is 2.87. The monoisotopic (exact) mass is 285 g/mol. The van der Waals surface area contributed by atoms with Gasteiger partial charge in [0, 0.05) is 18.2 Å². The fourth-order valence-electron chi connectivity index (χ4n) is 2.65. The molecule has 2 rings (SSSR count). The number of hydrogen-bond donors (Lipinski definition) is 1. The lowest BCUT2D eigenvalue weighted by molar-refractivity contribution is -0.139. The molecule has 0 bridgehead atoms. The number of carboxylic acids is 1. The topological polar surface area (TPSA) is 40.5 Å². The summed E-state index contributed by atoms with van der Waals surface area (Å²) in [5, 5.41) is 9.07. The van der Waals surface area contributed by atoms with Crippen LogP contribution in [0.15, 0.2) is 18.2 Å². The lowest BCUT2D eigenvalue weighted by atomic mass is 10.1. The highest BCUT2D eigenvalue weighted by atomic mass is 35.5. The molecule has 0 aliphatic heterocycles. The molecular formula is C14H17ClFNO2. The number of rotatable bonds is 5. The molecule has 0 unspecified atom stereocenters. The predicted octanol–water partition coefficient (Wildman–Crippen LogP) is 3.31. The van der Waals surface area contributed by atoms with E-state index in [1.54, 1.807) is 12.1 Å². The summed E-state index contributed by atoms with van der Waals surface area (Å²) in [6.45, 7) is 0.236. The van der Waals surface area contributed by atoms with Gasteiger partial charge in [-0.05, 0) is 18.9 Å². The molecule has 1 saturated carbocycles. The Bertz CT molecular complexity index is 461. The van der Waals surface area contributed by atoms with E-state index in [4.69, 9.17) is 16.7 Å². The van der Waals surface area contributed by atoms with E-state index in [1.165, 1.54) is 6.07 Å². The molecule has 0 atom stereocenters. The Balaban J connectivity index is 2.14. The van der Waals surface area contributed by atoms with Gasteiger partial charge < -0.3 is 5.11 Å². The Hall–Kier alpha value is -1.13. The van der Waals surface area contributed by atoms with E-state index in [-0.39, 0.29) is 17.6 Å². The first-order valence-corrected chi connectivity index (χ1v) is 6.84. The van der Waals surface area contributed by atoms with Crippen LogP contribution in [-0.4, -0.2) is 28.6 Å². The molecule has 1 aromatic carbocycles. The third-order valence-electron chi connectivity index (χ3n) is 3.58. The van der Waals surface area contributed by atoms with Crippen LogP contribution >= 0.6 is 11.6 Å². The molecular weight excluding hydrogens is 269 g/mol. The van der Waals surface area contributed by atoms with E-state index in [2.05, 4.69) is 0 Å². The van der Waals surface area contributed by atoms with Crippen molar-refractivity contribution in [2.24, 2.45) is 0 Å². The second-order valence-corrected chi connectivity index (χ2v) is 5.36. The quantitative estimate of drug-likeness (QED) is 0.902. The van der Waals surface area contributed by atoms with Gasteiger partial charge in [-0.2, -0.15) is 0 Å². The van der Waals surface area contributed by atoms with Crippen molar-refractivity contribution in [1.29, 1.82) is 0 Å².